The zero-order chi connectivity index (χ0) is 15.2. The van der Waals surface area contributed by atoms with Gasteiger partial charge in [-0.2, -0.15) is 8.78 Å². The van der Waals surface area contributed by atoms with Crippen LogP contribution in [0.3, 0.4) is 0 Å². The van der Waals surface area contributed by atoms with Crippen molar-refractivity contribution in [3.8, 4) is 0 Å². The van der Waals surface area contributed by atoms with E-state index < -0.39 is 5.76 Å². The van der Waals surface area contributed by atoms with Gasteiger partial charge in [-0.15, -0.1) is 10.2 Å². The Morgan fingerprint density at radius 1 is 1.38 bits per heavy atom. The third-order valence-electron chi connectivity index (χ3n) is 2.37. The molecule has 1 aromatic carbocycles. The van der Waals surface area contributed by atoms with Crippen LogP contribution < -0.4 is 5.32 Å². The zero-order valence-corrected chi connectivity index (χ0v) is 12.6. The molecule has 112 valence electrons. The SMILES string of the molecule is Cn1cnnc1SCC(=O)Nc1ccc(SC(F)F)cc1. The van der Waals surface area contributed by atoms with Crippen molar-refractivity contribution < 1.29 is 13.6 Å². The number of aryl methyl sites for hydroxylation is 1. The van der Waals surface area contributed by atoms with Crippen molar-refractivity contribution in [2.75, 3.05) is 11.1 Å². The topological polar surface area (TPSA) is 59.8 Å². The fraction of sp³-hybridized carbons (Fsp3) is 0.250. The summed E-state index contributed by atoms with van der Waals surface area (Å²) in [7, 11) is 1.79. The Bertz CT molecular complexity index is 604. The number of nitrogens with zero attached hydrogens (tertiary/aromatic N) is 3. The van der Waals surface area contributed by atoms with Crippen LogP contribution in [-0.4, -0.2) is 32.2 Å². The van der Waals surface area contributed by atoms with E-state index in [-0.39, 0.29) is 11.7 Å². The molecule has 0 saturated carbocycles. The Hall–Kier alpha value is -1.61. The van der Waals surface area contributed by atoms with Crippen molar-refractivity contribution >= 4 is 35.1 Å². The average molecular weight is 330 g/mol. The number of benzene rings is 1. The van der Waals surface area contributed by atoms with Crippen molar-refractivity contribution in [3.63, 3.8) is 0 Å². The maximum Gasteiger partial charge on any atom is 0.288 e. The highest BCUT2D eigenvalue weighted by molar-refractivity contribution is 8.00. The van der Waals surface area contributed by atoms with Crippen LogP contribution in [0, 0.1) is 0 Å². The summed E-state index contributed by atoms with van der Waals surface area (Å²) in [5.41, 5.74) is 0.567. The summed E-state index contributed by atoms with van der Waals surface area (Å²) in [6.45, 7) is 0. The minimum Gasteiger partial charge on any atom is -0.325 e. The predicted molar refractivity (Wildman–Crippen MR) is 78.7 cm³/mol. The van der Waals surface area contributed by atoms with Gasteiger partial charge in [0, 0.05) is 17.6 Å². The molecule has 1 aromatic heterocycles. The van der Waals surface area contributed by atoms with Crippen LogP contribution in [0.25, 0.3) is 0 Å². The minimum atomic E-state index is -2.45. The van der Waals surface area contributed by atoms with Gasteiger partial charge in [0.2, 0.25) is 5.91 Å². The van der Waals surface area contributed by atoms with Crippen molar-refractivity contribution in [1.29, 1.82) is 0 Å². The molecule has 0 fully saturated rings. The Balaban J connectivity index is 1.83. The fourth-order valence-electron chi connectivity index (χ4n) is 1.45. The number of hydrogen-bond donors (Lipinski definition) is 1. The van der Waals surface area contributed by atoms with Crippen LogP contribution in [0.1, 0.15) is 0 Å². The summed E-state index contributed by atoms with van der Waals surface area (Å²) >= 11 is 1.73. The van der Waals surface area contributed by atoms with Gasteiger partial charge in [0.05, 0.1) is 5.75 Å². The van der Waals surface area contributed by atoms with Gasteiger partial charge in [0.25, 0.3) is 5.76 Å². The van der Waals surface area contributed by atoms with Gasteiger partial charge in [-0.05, 0) is 24.3 Å². The number of amides is 1. The zero-order valence-electron chi connectivity index (χ0n) is 11.0. The molecular formula is C12H12F2N4OS2. The highest BCUT2D eigenvalue weighted by Gasteiger charge is 2.08. The lowest BCUT2D eigenvalue weighted by atomic mass is 10.3. The lowest BCUT2D eigenvalue weighted by Gasteiger charge is -2.06. The van der Waals surface area contributed by atoms with Gasteiger partial charge in [0.1, 0.15) is 6.33 Å². The molecule has 0 saturated heterocycles. The summed E-state index contributed by atoms with van der Waals surface area (Å²) in [5.74, 6) is -2.45. The number of hydrogen-bond acceptors (Lipinski definition) is 5. The van der Waals surface area contributed by atoms with Gasteiger partial charge < -0.3 is 9.88 Å². The summed E-state index contributed by atoms with van der Waals surface area (Å²) < 4.78 is 26.1. The van der Waals surface area contributed by atoms with Crippen LogP contribution in [0.2, 0.25) is 0 Å². The summed E-state index contributed by atoms with van der Waals surface area (Å²) in [6.07, 6.45) is 1.56. The highest BCUT2D eigenvalue weighted by atomic mass is 32.2. The lowest BCUT2D eigenvalue weighted by Crippen LogP contribution is -2.14. The number of carbonyl (C=O) groups excluding carboxylic acids is 1. The number of halogens is 2. The quantitative estimate of drug-likeness (QED) is 0.825. The van der Waals surface area contributed by atoms with E-state index in [0.717, 1.165) is 0 Å². The largest absolute Gasteiger partial charge is 0.325 e. The molecule has 1 amide bonds. The molecule has 1 N–H and O–H groups in total. The second-order valence-electron chi connectivity index (χ2n) is 3.96. The molecule has 0 spiro atoms. The molecule has 0 aliphatic heterocycles. The first-order valence-corrected chi connectivity index (χ1v) is 7.72. The highest BCUT2D eigenvalue weighted by Crippen LogP contribution is 2.26. The average Bonchev–Trinajstić information content (AvgIpc) is 2.84. The van der Waals surface area contributed by atoms with Crippen molar-refractivity contribution in [2.24, 2.45) is 7.05 Å². The van der Waals surface area contributed by atoms with E-state index in [0.29, 0.717) is 27.5 Å². The second kappa shape index (κ2) is 7.41. The molecule has 5 nitrogen and oxygen atoms in total. The molecule has 0 radical (unpaired) electrons. The molecule has 2 aromatic rings. The molecule has 2 rings (SSSR count). The number of aromatic nitrogens is 3. The first-order chi connectivity index (χ1) is 10.0. The third-order valence-corrected chi connectivity index (χ3v) is 4.12. The van der Waals surface area contributed by atoms with E-state index in [9.17, 15) is 13.6 Å². The van der Waals surface area contributed by atoms with E-state index >= 15 is 0 Å². The normalized spacial score (nSPS) is 10.9. The third kappa shape index (κ3) is 5.01. The minimum absolute atomic E-state index is 0.195. The van der Waals surface area contributed by atoms with Gasteiger partial charge in [-0.3, -0.25) is 4.79 Å². The number of carbonyl (C=O) groups is 1. The van der Waals surface area contributed by atoms with E-state index in [4.69, 9.17) is 0 Å². The Morgan fingerprint density at radius 2 is 2.10 bits per heavy atom. The molecular weight excluding hydrogens is 318 g/mol. The van der Waals surface area contributed by atoms with E-state index in [1.807, 2.05) is 0 Å². The van der Waals surface area contributed by atoms with Gasteiger partial charge in [-0.25, -0.2) is 0 Å². The smallest absolute Gasteiger partial charge is 0.288 e. The molecule has 21 heavy (non-hydrogen) atoms. The van der Waals surface area contributed by atoms with Gasteiger partial charge >= 0.3 is 0 Å². The maximum absolute atomic E-state index is 12.2. The predicted octanol–water partition coefficient (Wildman–Crippen LogP) is 2.86. The van der Waals surface area contributed by atoms with Crippen LogP contribution in [-0.2, 0) is 11.8 Å². The Labute approximate surface area is 128 Å². The van der Waals surface area contributed by atoms with Gasteiger partial charge in [0.15, 0.2) is 5.16 Å². The van der Waals surface area contributed by atoms with E-state index in [1.165, 1.54) is 11.8 Å². The van der Waals surface area contributed by atoms with E-state index in [2.05, 4.69) is 15.5 Å². The monoisotopic (exact) mass is 330 g/mol. The Morgan fingerprint density at radius 3 is 2.67 bits per heavy atom. The summed E-state index contributed by atoms with van der Waals surface area (Å²) in [4.78, 5) is 12.2. The van der Waals surface area contributed by atoms with Crippen LogP contribution in [0.15, 0.2) is 40.6 Å². The first-order valence-electron chi connectivity index (χ1n) is 5.86. The van der Waals surface area contributed by atoms with Gasteiger partial charge in [-0.1, -0.05) is 23.5 Å². The van der Waals surface area contributed by atoms with Crippen LogP contribution in [0.5, 0.6) is 0 Å². The molecule has 0 atom stereocenters. The number of alkyl halides is 2. The van der Waals surface area contributed by atoms with Crippen LogP contribution >= 0.6 is 23.5 Å². The molecule has 0 aliphatic rings. The summed E-state index contributed by atoms with van der Waals surface area (Å²) in [5, 5.41) is 10.9. The number of anilines is 1. The maximum atomic E-state index is 12.2. The molecule has 0 bridgehead atoms. The molecule has 1 heterocycles. The lowest BCUT2D eigenvalue weighted by molar-refractivity contribution is -0.113. The van der Waals surface area contributed by atoms with Crippen molar-refractivity contribution in [1.82, 2.24) is 14.8 Å². The van der Waals surface area contributed by atoms with E-state index in [1.54, 1.807) is 42.2 Å². The Kier molecular flexibility index (Phi) is 5.57. The standard InChI is InChI=1S/C12H12F2N4OS2/c1-18-7-15-17-12(18)20-6-10(19)16-8-2-4-9(5-3-8)21-11(13)14/h2-5,7,11H,6H2,1H3,(H,16,19). The summed E-state index contributed by atoms with van der Waals surface area (Å²) in [6, 6.07) is 6.27. The molecule has 9 heteroatoms. The van der Waals surface area contributed by atoms with Crippen LogP contribution in [0.4, 0.5) is 14.5 Å². The van der Waals surface area contributed by atoms with Crippen molar-refractivity contribution in [3.05, 3.63) is 30.6 Å². The molecule has 0 aliphatic carbocycles. The number of nitrogens with one attached hydrogen (secondary N) is 1. The first kappa shape index (κ1) is 15.8. The number of rotatable bonds is 6. The second-order valence-corrected chi connectivity index (χ2v) is 5.97. The number of thioether (sulfide) groups is 2. The van der Waals surface area contributed by atoms with Crippen molar-refractivity contribution in [2.45, 2.75) is 15.8 Å². The molecule has 0 unspecified atom stereocenters. The fourth-order valence-corrected chi connectivity index (χ4v) is 2.64.